The van der Waals surface area contributed by atoms with Crippen molar-refractivity contribution in [3.8, 4) is 0 Å². The van der Waals surface area contributed by atoms with Crippen molar-refractivity contribution in [2.75, 3.05) is 0 Å². The van der Waals surface area contributed by atoms with Crippen LogP contribution in [0, 0.1) is 0 Å². The second-order valence-electron chi connectivity index (χ2n) is 0.274. The summed E-state index contributed by atoms with van der Waals surface area (Å²) in [5, 5.41) is 16.6. The minimum atomic E-state index is -3.17. The Bertz CT molecular complexity index is 14.4. The van der Waals surface area contributed by atoms with Crippen LogP contribution in [0.4, 0.5) is 4.32 Å². The molecule has 5 heteroatoms. The third-order valence-corrected chi connectivity index (χ3v) is 0. The van der Waals surface area contributed by atoms with E-state index in [1.165, 1.54) is 0 Å². The number of hydrogen-bond donors (Lipinski definition) is 0. The van der Waals surface area contributed by atoms with Gasteiger partial charge in [0, 0.05) is 0 Å². The van der Waals surface area contributed by atoms with E-state index in [1.807, 2.05) is 0 Å². The molecule has 0 bridgehead atoms. The maximum absolute atomic E-state index is 9.89. The van der Waals surface area contributed by atoms with Crippen LogP contribution in [0.25, 0.3) is 0 Å². The number of hydrogen-bond acceptors (Lipinski definition) is 2. The third-order valence-electron chi connectivity index (χ3n) is 0. The molecular formula is BFO2Pb. The molecule has 26 valence electrons. The first-order valence-electron chi connectivity index (χ1n) is 0.690. The Balaban J connectivity index is 0. The van der Waals surface area contributed by atoms with Crippen LogP contribution in [0.1, 0.15) is 0 Å². The SMILES string of the molecule is [O-]B([O-])F.[Pb+2]. The van der Waals surface area contributed by atoms with E-state index in [1.54, 1.807) is 0 Å². The molecule has 0 unspecified atom stereocenters. The van der Waals surface area contributed by atoms with Gasteiger partial charge in [-0.25, -0.2) is 0 Å². The van der Waals surface area contributed by atoms with Crippen LogP contribution >= 0.6 is 0 Å². The molecule has 0 aromatic heterocycles. The molecule has 0 N–H and O–H groups in total. The molecule has 0 atom stereocenters. The molecule has 0 rings (SSSR count). The molecule has 0 aromatic carbocycles. The fraction of sp³-hybridized carbons (Fsp3) is 0. The second kappa shape index (κ2) is 4.84. The predicted molar refractivity (Wildman–Crippen MR) is 12.6 cm³/mol. The summed E-state index contributed by atoms with van der Waals surface area (Å²) in [7, 11) is -3.17. The van der Waals surface area contributed by atoms with Crippen molar-refractivity contribution in [1.29, 1.82) is 0 Å². The quantitative estimate of drug-likeness (QED) is 0.449. The van der Waals surface area contributed by atoms with Crippen molar-refractivity contribution in [1.82, 2.24) is 0 Å². The first-order chi connectivity index (χ1) is 1.73. The Kier molecular flexibility index (Phi) is 8.97. The van der Waals surface area contributed by atoms with Crippen molar-refractivity contribution >= 4 is 34.7 Å². The van der Waals surface area contributed by atoms with Gasteiger partial charge in [-0.1, -0.05) is 0 Å². The fourth-order valence-corrected chi connectivity index (χ4v) is 0. The summed E-state index contributed by atoms with van der Waals surface area (Å²) in [6.45, 7) is 0. The Labute approximate surface area is 49.4 Å². The van der Waals surface area contributed by atoms with Crippen molar-refractivity contribution in [3.63, 3.8) is 0 Å². The molecule has 0 saturated carbocycles. The van der Waals surface area contributed by atoms with Crippen LogP contribution in [0.15, 0.2) is 0 Å². The van der Waals surface area contributed by atoms with E-state index in [0.717, 1.165) is 0 Å². The zero-order chi connectivity index (χ0) is 3.58. The molecular weight excluding hydrogens is 269 g/mol. The van der Waals surface area contributed by atoms with E-state index in [9.17, 15) is 4.32 Å². The molecule has 0 amide bonds. The standard InChI is InChI=1S/BFO2.Pb/c2-1(3)4;/q-2;+2. The van der Waals surface area contributed by atoms with Gasteiger partial charge < -0.3 is 14.4 Å². The predicted octanol–water partition coefficient (Wildman–Crippen LogP) is -2.72. The molecule has 0 aliphatic rings. The molecule has 0 aliphatic carbocycles. The molecule has 0 saturated heterocycles. The first kappa shape index (κ1) is 9.28. The molecule has 2 radical (unpaired) electrons. The Hall–Kier alpha value is 0.837. The van der Waals surface area contributed by atoms with Gasteiger partial charge in [0.2, 0.25) is 0 Å². The minimum absolute atomic E-state index is 0. The molecule has 0 heterocycles. The van der Waals surface area contributed by atoms with Crippen molar-refractivity contribution in [2.45, 2.75) is 0 Å². The topological polar surface area (TPSA) is 46.1 Å². The average Bonchev–Trinajstić information content (AvgIpc) is 0.811. The minimum Gasteiger partial charge on any atom is -0.867 e. The number of halogens is 1. The van der Waals surface area contributed by atoms with Gasteiger partial charge in [0.25, 0.3) is 0 Å². The summed E-state index contributed by atoms with van der Waals surface area (Å²) in [6, 6.07) is 0. The maximum atomic E-state index is 9.89. The molecule has 2 nitrogen and oxygen atoms in total. The Morgan fingerprint density at radius 3 is 1.40 bits per heavy atom. The van der Waals surface area contributed by atoms with Crippen LogP contribution in [0.5, 0.6) is 0 Å². The summed E-state index contributed by atoms with van der Waals surface area (Å²) in [5.41, 5.74) is 0. The zero-order valence-electron chi connectivity index (χ0n) is 2.27. The van der Waals surface area contributed by atoms with Gasteiger partial charge in [0.15, 0.2) is 0 Å². The van der Waals surface area contributed by atoms with Gasteiger partial charge in [-0.2, -0.15) is 0 Å². The van der Waals surface area contributed by atoms with Crippen LogP contribution in [-0.2, 0) is 0 Å². The first-order valence-corrected chi connectivity index (χ1v) is 0.690. The van der Waals surface area contributed by atoms with Gasteiger partial charge in [-0.15, -0.1) is 0 Å². The van der Waals surface area contributed by atoms with Crippen LogP contribution in [0.3, 0.4) is 0 Å². The van der Waals surface area contributed by atoms with Crippen LogP contribution in [0.2, 0.25) is 0 Å². The van der Waals surface area contributed by atoms with E-state index >= 15 is 0 Å². The van der Waals surface area contributed by atoms with Gasteiger partial charge in [-0.3, -0.25) is 0 Å². The van der Waals surface area contributed by atoms with E-state index in [2.05, 4.69) is 0 Å². The molecule has 0 aliphatic heterocycles. The van der Waals surface area contributed by atoms with Gasteiger partial charge in [-0.05, 0) is 0 Å². The van der Waals surface area contributed by atoms with E-state index in [-0.39, 0.29) is 27.3 Å². The monoisotopic (exact) mass is 270 g/mol. The third kappa shape index (κ3) is 55.6. The summed E-state index contributed by atoms with van der Waals surface area (Å²) in [4.78, 5) is 0. The smallest absolute Gasteiger partial charge is 0.867 e. The van der Waals surface area contributed by atoms with Crippen LogP contribution in [-0.4, -0.2) is 34.7 Å². The average molecular weight is 269 g/mol. The van der Waals surface area contributed by atoms with Gasteiger partial charge >= 0.3 is 27.3 Å². The normalized spacial score (nSPS) is 5.40. The van der Waals surface area contributed by atoms with E-state index < -0.39 is 7.40 Å². The summed E-state index contributed by atoms with van der Waals surface area (Å²) >= 11 is 0. The van der Waals surface area contributed by atoms with Crippen molar-refractivity contribution in [3.05, 3.63) is 0 Å². The molecule has 0 spiro atoms. The second-order valence-corrected chi connectivity index (χ2v) is 0.274. The largest absolute Gasteiger partial charge is 2.00 e. The zero-order valence-corrected chi connectivity index (χ0v) is 6.16. The summed E-state index contributed by atoms with van der Waals surface area (Å²) < 4.78 is 9.89. The van der Waals surface area contributed by atoms with Crippen molar-refractivity contribution in [2.24, 2.45) is 0 Å². The van der Waals surface area contributed by atoms with Gasteiger partial charge in [0.05, 0.1) is 0 Å². The molecule has 0 aromatic rings. The number of rotatable bonds is 0. The molecule has 0 fully saturated rings. The van der Waals surface area contributed by atoms with Crippen molar-refractivity contribution < 1.29 is 14.4 Å². The van der Waals surface area contributed by atoms with Crippen LogP contribution < -0.4 is 10.0 Å². The summed E-state index contributed by atoms with van der Waals surface area (Å²) in [6.07, 6.45) is 0. The van der Waals surface area contributed by atoms with Gasteiger partial charge in [0.1, 0.15) is 7.40 Å². The Morgan fingerprint density at radius 2 is 1.40 bits per heavy atom. The fourth-order valence-electron chi connectivity index (χ4n) is 0. The van der Waals surface area contributed by atoms with E-state index in [0.29, 0.717) is 0 Å². The Morgan fingerprint density at radius 1 is 1.40 bits per heavy atom. The molecule has 5 heavy (non-hydrogen) atoms. The maximum Gasteiger partial charge on any atom is 2.00 e. The summed E-state index contributed by atoms with van der Waals surface area (Å²) in [5.74, 6) is 0. The van der Waals surface area contributed by atoms with E-state index in [4.69, 9.17) is 10.0 Å².